The van der Waals surface area contributed by atoms with E-state index in [2.05, 4.69) is 10.6 Å². The van der Waals surface area contributed by atoms with Gasteiger partial charge in [0.25, 0.3) is 0 Å². The molecular formula is C30H37N3O5. The Kier molecular flexibility index (Phi) is 7.54. The van der Waals surface area contributed by atoms with Gasteiger partial charge in [0, 0.05) is 13.1 Å². The van der Waals surface area contributed by atoms with E-state index < -0.39 is 35.6 Å². The molecular weight excluding hydrogens is 482 g/mol. The molecule has 202 valence electrons. The second-order valence-electron chi connectivity index (χ2n) is 10.8. The van der Waals surface area contributed by atoms with E-state index in [1.807, 2.05) is 74.5 Å². The zero-order chi connectivity index (χ0) is 26.9. The fraction of sp³-hybridized carbons (Fsp3) is 0.500. The molecule has 3 N–H and O–H groups in total. The van der Waals surface area contributed by atoms with E-state index in [9.17, 15) is 19.5 Å². The first-order valence-corrected chi connectivity index (χ1v) is 13.7. The lowest BCUT2D eigenvalue weighted by Gasteiger charge is -2.38. The van der Waals surface area contributed by atoms with Crippen molar-refractivity contribution in [2.24, 2.45) is 17.8 Å². The normalized spacial score (nSPS) is 29.1. The number of carbonyl (C=O) groups excluding carboxylic acids is 3. The van der Waals surface area contributed by atoms with Gasteiger partial charge in [0.05, 0.1) is 30.6 Å². The number of nitrogens with one attached hydrogen (secondary N) is 2. The summed E-state index contributed by atoms with van der Waals surface area (Å²) in [5.41, 5.74) is 0.827. The van der Waals surface area contributed by atoms with Crippen LogP contribution >= 0.6 is 0 Å². The van der Waals surface area contributed by atoms with Crippen LogP contribution in [0, 0.1) is 17.8 Å². The van der Waals surface area contributed by atoms with Crippen LogP contribution in [0.25, 0.3) is 0 Å². The molecule has 8 heteroatoms. The lowest BCUT2D eigenvalue weighted by atomic mass is 9.70. The van der Waals surface area contributed by atoms with E-state index in [1.54, 1.807) is 4.90 Å². The quantitative estimate of drug-likeness (QED) is 0.447. The maximum atomic E-state index is 14.1. The van der Waals surface area contributed by atoms with Crippen LogP contribution in [0.15, 0.2) is 60.7 Å². The van der Waals surface area contributed by atoms with E-state index >= 15 is 0 Å². The fourth-order valence-electron chi connectivity index (χ4n) is 6.65. The average molecular weight is 520 g/mol. The van der Waals surface area contributed by atoms with Gasteiger partial charge in [0.1, 0.15) is 11.6 Å². The van der Waals surface area contributed by atoms with Crippen LogP contribution in [0.1, 0.15) is 44.2 Å². The highest BCUT2D eigenvalue weighted by molar-refractivity contribution is 5.99. The van der Waals surface area contributed by atoms with E-state index in [0.29, 0.717) is 25.9 Å². The highest BCUT2D eigenvalue weighted by Gasteiger charge is 2.75. The number of benzene rings is 2. The lowest BCUT2D eigenvalue weighted by molar-refractivity contribution is -0.147. The van der Waals surface area contributed by atoms with Crippen molar-refractivity contribution in [1.29, 1.82) is 0 Å². The zero-order valence-corrected chi connectivity index (χ0v) is 22.0. The summed E-state index contributed by atoms with van der Waals surface area (Å²) in [6.45, 7) is 4.38. The van der Waals surface area contributed by atoms with Gasteiger partial charge < -0.3 is 25.4 Å². The van der Waals surface area contributed by atoms with E-state index in [1.165, 1.54) is 0 Å². The number of amides is 3. The second-order valence-corrected chi connectivity index (χ2v) is 10.8. The molecule has 0 saturated carbocycles. The molecule has 2 aromatic carbocycles. The summed E-state index contributed by atoms with van der Waals surface area (Å²) in [7, 11) is 0. The number of ether oxygens (including phenoxy) is 1. The van der Waals surface area contributed by atoms with Crippen molar-refractivity contribution in [3.63, 3.8) is 0 Å². The molecule has 3 fully saturated rings. The predicted molar refractivity (Wildman–Crippen MR) is 141 cm³/mol. The summed E-state index contributed by atoms with van der Waals surface area (Å²) < 4.78 is 6.50. The number of likely N-dealkylation sites (tertiary alicyclic amines) is 1. The number of hydrogen-bond acceptors (Lipinski definition) is 5. The number of carbonyl (C=O) groups is 3. The number of aliphatic hydroxyl groups is 1. The van der Waals surface area contributed by atoms with Crippen LogP contribution in [0.5, 0.6) is 0 Å². The summed E-state index contributed by atoms with van der Waals surface area (Å²) in [6, 6.07) is 17.8. The molecule has 2 bridgehead atoms. The van der Waals surface area contributed by atoms with Crippen molar-refractivity contribution in [2.75, 3.05) is 6.61 Å². The summed E-state index contributed by atoms with van der Waals surface area (Å²) in [6.07, 6.45) is 1.45. The molecule has 0 aliphatic carbocycles. The van der Waals surface area contributed by atoms with Crippen molar-refractivity contribution in [3.8, 4) is 0 Å². The summed E-state index contributed by atoms with van der Waals surface area (Å²) >= 11 is 0. The van der Waals surface area contributed by atoms with Crippen LogP contribution in [0.3, 0.4) is 0 Å². The molecule has 2 aromatic rings. The van der Waals surface area contributed by atoms with Crippen molar-refractivity contribution in [2.45, 2.75) is 70.0 Å². The first-order chi connectivity index (χ1) is 18.4. The Balaban J connectivity index is 1.44. The fourth-order valence-corrected chi connectivity index (χ4v) is 6.65. The van der Waals surface area contributed by atoms with Crippen LogP contribution in [-0.2, 0) is 32.2 Å². The lowest BCUT2D eigenvalue weighted by Crippen LogP contribution is -2.59. The van der Waals surface area contributed by atoms with Gasteiger partial charge in [-0.15, -0.1) is 0 Å². The van der Waals surface area contributed by atoms with Gasteiger partial charge in [-0.1, -0.05) is 80.9 Å². The third kappa shape index (κ3) is 4.50. The molecule has 38 heavy (non-hydrogen) atoms. The summed E-state index contributed by atoms with van der Waals surface area (Å²) in [5, 5.41) is 16.4. The Bertz CT molecular complexity index is 1160. The Morgan fingerprint density at radius 1 is 1.03 bits per heavy atom. The first kappa shape index (κ1) is 26.4. The molecule has 0 aromatic heterocycles. The minimum absolute atomic E-state index is 0.0360. The molecule has 5 rings (SSSR count). The van der Waals surface area contributed by atoms with Gasteiger partial charge >= 0.3 is 0 Å². The van der Waals surface area contributed by atoms with Gasteiger partial charge in [-0.2, -0.15) is 0 Å². The Labute approximate surface area is 223 Å². The smallest absolute Gasteiger partial charge is 0.246 e. The third-order valence-corrected chi connectivity index (χ3v) is 8.75. The number of nitrogens with zero attached hydrogens (tertiary/aromatic N) is 1. The van der Waals surface area contributed by atoms with Crippen molar-refractivity contribution in [3.05, 3.63) is 71.8 Å². The topological polar surface area (TPSA) is 108 Å². The zero-order valence-electron chi connectivity index (χ0n) is 22.0. The third-order valence-electron chi connectivity index (χ3n) is 8.75. The maximum absolute atomic E-state index is 14.1. The van der Waals surface area contributed by atoms with E-state index in [-0.39, 0.29) is 30.2 Å². The molecule has 3 aliphatic rings. The number of rotatable bonds is 10. The molecule has 3 amide bonds. The number of fused-ring (bicyclic) bond motifs is 1. The molecule has 8 nitrogen and oxygen atoms in total. The minimum Gasteiger partial charge on any atom is -0.394 e. The second kappa shape index (κ2) is 10.9. The van der Waals surface area contributed by atoms with Crippen LogP contribution < -0.4 is 10.6 Å². The Morgan fingerprint density at radius 3 is 2.16 bits per heavy atom. The predicted octanol–water partition coefficient (Wildman–Crippen LogP) is 2.40. The Morgan fingerprint density at radius 2 is 1.61 bits per heavy atom. The van der Waals surface area contributed by atoms with Gasteiger partial charge in [-0.3, -0.25) is 14.4 Å². The largest absolute Gasteiger partial charge is 0.394 e. The molecule has 3 heterocycles. The average Bonchev–Trinajstić information content (AvgIpc) is 3.59. The Hall–Kier alpha value is -3.23. The SMILES string of the molecule is CC[C@H](C)[C@H](CO)N1C(=O)[C@@H]2[C@@H](C(=O)NCc3ccccc3)[C@H]3CCC2(O3)C1C(=O)NCc1ccccc1. The van der Waals surface area contributed by atoms with Crippen molar-refractivity contribution in [1.82, 2.24) is 15.5 Å². The van der Waals surface area contributed by atoms with Crippen LogP contribution in [-0.4, -0.2) is 58.1 Å². The highest BCUT2D eigenvalue weighted by atomic mass is 16.5. The minimum atomic E-state index is -1.09. The van der Waals surface area contributed by atoms with Crippen LogP contribution in [0.4, 0.5) is 0 Å². The van der Waals surface area contributed by atoms with Crippen molar-refractivity contribution < 1.29 is 24.2 Å². The molecule has 3 saturated heterocycles. The van der Waals surface area contributed by atoms with Gasteiger partial charge in [-0.05, 0) is 29.9 Å². The van der Waals surface area contributed by atoms with Crippen LogP contribution in [0.2, 0.25) is 0 Å². The molecule has 1 spiro atoms. The molecule has 2 unspecified atom stereocenters. The molecule has 0 radical (unpaired) electrons. The first-order valence-electron chi connectivity index (χ1n) is 13.7. The summed E-state index contributed by atoms with van der Waals surface area (Å²) in [5.74, 6) is -2.28. The van der Waals surface area contributed by atoms with E-state index in [0.717, 1.165) is 17.5 Å². The molecule has 3 aliphatic heterocycles. The highest BCUT2D eigenvalue weighted by Crippen LogP contribution is 2.59. The van der Waals surface area contributed by atoms with Crippen molar-refractivity contribution >= 4 is 17.7 Å². The maximum Gasteiger partial charge on any atom is 0.246 e. The summed E-state index contributed by atoms with van der Waals surface area (Å²) in [4.78, 5) is 43.1. The number of hydrogen-bond donors (Lipinski definition) is 3. The van der Waals surface area contributed by atoms with Gasteiger partial charge in [-0.25, -0.2) is 0 Å². The monoisotopic (exact) mass is 519 g/mol. The number of aliphatic hydroxyl groups excluding tert-OH is 1. The standard InChI is InChI=1S/C30H37N3O5/c1-3-19(2)22(18-34)33-26(28(36)32-17-21-12-8-5-9-13-21)30-15-14-23(38-30)24(25(30)29(33)37)27(35)31-16-20-10-6-4-7-11-20/h4-13,19,22-26,34H,3,14-18H2,1-2H3,(H,31,35)(H,32,36)/t19-,22-,23+,24-,25-,26?,30?/m0/s1. The van der Waals surface area contributed by atoms with Gasteiger partial charge in [0.2, 0.25) is 17.7 Å². The molecule has 7 atom stereocenters. The van der Waals surface area contributed by atoms with Gasteiger partial charge in [0.15, 0.2) is 0 Å². The van der Waals surface area contributed by atoms with E-state index in [4.69, 9.17) is 4.74 Å².